The number of hydrogen-bond donors (Lipinski definition) is 9. The predicted molar refractivity (Wildman–Crippen MR) is 339 cm³/mol. The molecule has 7 amide bonds. The summed E-state index contributed by atoms with van der Waals surface area (Å²) in [5.41, 5.74) is 3.79. The standard InChI is InChI=1S/C69H97N11O7/c1-5-55(70-3)64(82)75-57-46-79-53(35-33-48(57)41-43-72-44-47-24-14-10-15-25-47)37-39-58(79)66(84)77-62(51-30-20-13-21-31-51)68(86)73-42-23-9-7-8-22-32-60(81)74-45-52-34-36-54-38-40-59(80(54)69(87)63(52)78-65(83)56(6-2)71-4)67(85)76-61(49-26-16-11-17-27-49)50-28-18-12-19-29-50/h10-21,24-31,48,52-59,61-63,70-72H,5-9,22-23,32-46H2,1-4H3,(H,73,86)(H,74,81)(H,75,82)(H,76,85)(H,77,84)(H,78,83)/t48-,52-,53+,54+,55+,56+,57-,58+,59+,62+,63+/m1/s1. The van der Waals surface area contributed by atoms with Gasteiger partial charge in [-0.05, 0) is 132 Å². The number of fused-ring (bicyclic) bond motifs is 2. The lowest BCUT2D eigenvalue weighted by atomic mass is 9.90. The molecule has 470 valence electrons. The highest BCUT2D eigenvalue weighted by Crippen LogP contribution is 2.37. The highest BCUT2D eigenvalue weighted by molar-refractivity contribution is 5.95. The number of unbranched alkanes of at least 4 members (excludes halogenated alkanes) is 4. The fourth-order valence-electron chi connectivity index (χ4n) is 13.7. The quantitative estimate of drug-likeness (QED) is 0.0248. The Balaban J connectivity index is 0.797. The maximum Gasteiger partial charge on any atom is 0.247 e. The summed E-state index contributed by atoms with van der Waals surface area (Å²) in [4.78, 5) is 102. The Bertz CT molecular complexity index is 2770. The van der Waals surface area contributed by atoms with E-state index in [0.29, 0.717) is 76.4 Å². The molecular formula is C69H97N11O7. The summed E-state index contributed by atoms with van der Waals surface area (Å²) in [5.74, 6) is -1.58. The number of benzene rings is 4. The van der Waals surface area contributed by atoms with Gasteiger partial charge in [0, 0.05) is 56.6 Å². The minimum atomic E-state index is -0.929. The van der Waals surface area contributed by atoms with Crippen molar-refractivity contribution in [3.05, 3.63) is 144 Å². The zero-order valence-corrected chi connectivity index (χ0v) is 51.8. The number of nitrogens with zero attached hydrogens (tertiary/aromatic N) is 2. The first kappa shape index (κ1) is 66.0. The number of amides is 7. The summed E-state index contributed by atoms with van der Waals surface area (Å²) in [6.45, 7) is 6.69. The molecule has 0 bridgehead atoms. The summed E-state index contributed by atoms with van der Waals surface area (Å²) in [5, 5.41) is 28.9. The molecule has 4 aliphatic heterocycles. The van der Waals surface area contributed by atoms with Gasteiger partial charge in [0.1, 0.15) is 18.1 Å². The molecule has 0 aromatic heterocycles. The lowest BCUT2D eigenvalue weighted by molar-refractivity contribution is -0.143. The zero-order chi connectivity index (χ0) is 61.5. The summed E-state index contributed by atoms with van der Waals surface area (Å²) in [6, 6.07) is 35.0. The number of hydrogen-bond acceptors (Lipinski definition) is 11. The average Bonchev–Trinajstić information content (AvgIpc) is 2.12. The Hall–Kier alpha value is -6.99. The van der Waals surface area contributed by atoms with Gasteiger partial charge in [0.05, 0.1) is 24.2 Å². The summed E-state index contributed by atoms with van der Waals surface area (Å²) in [7, 11) is 3.53. The molecule has 87 heavy (non-hydrogen) atoms. The third kappa shape index (κ3) is 18.3. The van der Waals surface area contributed by atoms with Crippen molar-refractivity contribution < 1.29 is 33.6 Å². The maximum absolute atomic E-state index is 14.8. The molecule has 8 rings (SSSR count). The molecular weight excluding hydrogens is 1090 g/mol. The van der Waals surface area contributed by atoms with Crippen LogP contribution in [0.5, 0.6) is 0 Å². The predicted octanol–water partition coefficient (Wildman–Crippen LogP) is 6.48. The second kappa shape index (κ2) is 33.9. The van der Waals surface area contributed by atoms with Gasteiger partial charge >= 0.3 is 0 Å². The molecule has 4 fully saturated rings. The second-order valence-corrected chi connectivity index (χ2v) is 24.4. The van der Waals surface area contributed by atoms with Crippen LogP contribution < -0.4 is 47.9 Å². The van der Waals surface area contributed by atoms with Gasteiger partial charge < -0.3 is 52.8 Å². The van der Waals surface area contributed by atoms with Crippen molar-refractivity contribution in [2.45, 2.75) is 190 Å². The molecule has 4 heterocycles. The van der Waals surface area contributed by atoms with Crippen molar-refractivity contribution in [1.29, 1.82) is 0 Å². The van der Waals surface area contributed by atoms with E-state index in [2.05, 4.69) is 64.9 Å². The van der Waals surface area contributed by atoms with Crippen LogP contribution in [-0.2, 0) is 40.1 Å². The van der Waals surface area contributed by atoms with Crippen LogP contribution in [0, 0.1) is 11.8 Å². The molecule has 18 nitrogen and oxygen atoms in total. The van der Waals surface area contributed by atoms with Crippen LogP contribution >= 0.6 is 0 Å². The van der Waals surface area contributed by atoms with E-state index < -0.39 is 36.3 Å². The van der Waals surface area contributed by atoms with Gasteiger partial charge in [-0.1, -0.05) is 154 Å². The molecule has 4 aliphatic rings. The fraction of sp³-hybridized carbons (Fsp3) is 0.551. The average molecular weight is 1190 g/mol. The van der Waals surface area contributed by atoms with E-state index in [1.54, 1.807) is 11.9 Å². The van der Waals surface area contributed by atoms with Gasteiger partial charge in [-0.2, -0.15) is 0 Å². The molecule has 18 heteroatoms. The van der Waals surface area contributed by atoms with Crippen LogP contribution in [0.1, 0.15) is 157 Å². The van der Waals surface area contributed by atoms with Crippen molar-refractivity contribution >= 4 is 41.4 Å². The lowest BCUT2D eigenvalue weighted by Gasteiger charge is -2.33. The minimum Gasteiger partial charge on any atom is -0.356 e. The van der Waals surface area contributed by atoms with E-state index >= 15 is 0 Å². The smallest absolute Gasteiger partial charge is 0.247 e. The van der Waals surface area contributed by atoms with E-state index in [4.69, 9.17) is 0 Å². The number of carbonyl (C=O) groups is 7. The Labute approximate surface area is 516 Å². The van der Waals surface area contributed by atoms with Crippen molar-refractivity contribution in [2.24, 2.45) is 11.8 Å². The van der Waals surface area contributed by atoms with Crippen LogP contribution in [0.4, 0.5) is 0 Å². The molecule has 4 saturated heterocycles. The van der Waals surface area contributed by atoms with Gasteiger partial charge in [0.25, 0.3) is 0 Å². The van der Waals surface area contributed by atoms with Crippen LogP contribution in [-0.4, -0.2) is 140 Å². The van der Waals surface area contributed by atoms with Crippen LogP contribution in [0.15, 0.2) is 121 Å². The molecule has 9 N–H and O–H groups in total. The van der Waals surface area contributed by atoms with Crippen LogP contribution in [0.2, 0.25) is 0 Å². The van der Waals surface area contributed by atoms with Crippen LogP contribution in [0.25, 0.3) is 0 Å². The normalized spacial score (nSPS) is 23.0. The van der Waals surface area contributed by atoms with Crippen molar-refractivity contribution in [3.63, 3.8) is 0 Å². The highest BCUT2D eigenvalue weighted by atomic mass is 16.2. The van der Waals surface area contributed by atoms with Gasteiger partial charge in [-0.15, -0.1) is 0 Å². The highest BCUT2D eigenvalue weighted by Gasteiger charge is 2.49. The second-order valence-electron chi connectivity index (χ2n) is 24.4. The largest absolute Gasteiger partial charge is 0.356 e. The summed E-state index contributed by atoms with van der Waals surface area (Å²) in [6.07, 6.45) is 12.1. The van der Waals surface area contributed by atoms with Crippen molar-refractivity contribution in [3.8, 4) is 0 Å². The lowest BCUT2D eigenvalue weighted by Crippen LogP contribution is -2.59. The van der Waals surface area contributed by atoms with E-state index in [0.717, 1.165) is 75.6 Å². The molecule has 4 aromatic carbocycles. The minimum absolute atomic E-state index is 0.0253. The molecule has 4 aromatic rings. The summed E-state index contributed by atoms with van der Waals surface area (Å²) >= 11 is 0. The molecule has 0 radical (unpaired) electrons. The Morgan fingerprint density at radius 2 is 1.08 bits per heavy atom. The first-order valence-corrected chi connectivity index (χ1v) is 32.5. The third-order valence-electron chi connectivity index (χ3n) is 18.8. The molecule has 0 unspecified atom stereocenters. The SMILES string of the molecule is CC[C@H](NC)C(=O)N[C@@H]1C(=O)N2[C@@H](CC[C@@H]1CNC(=O)CCCCCCCNC(=O)[C@@H](NC(=O)[C@@H]1CC[C@@H]3CC[C@H](CCNCc4ccccc4)[C@H](NC(=O)[C@H](CC)NC)CN31)c1ccccc1)CC[C@H]2C(=O)NC(c1ccccc1)c1ccccc1. The fourth-order valence-corrected chi connectivity index (χ4v) is 13.7. The first-order chi connectivity index (χ1) is 42.4. The van der Waals surface area contributed by atoms with Gasteiger partial charge in [-0.3, -0.25) is 38.5 Å². The number of rotatable bonds is 31. The molecule has 0 aliphatic carbocycles. The topological polar surface area (TPSA) is 234 Å². The van der Waals surface area contributed by atoms with E-state index in [1.807, 2.05) is 130 Å². The third-order valence-corrected chi connectivity index (χ3v) is 18.8. The Morgan fingerprint density at radius 1 is 0.540 bits per heavy atom. The molecule has 0 saturated carbocycles. The maximum atomic E-state index is 14.8. The van der Waals surface area contributed by atoms with Gasteiger partial charge in [0.2, 0.25) is 41.4 Å². The summed E-state index contributed by atoms with van der Waals surface area (Å²) < 4.78 is 0. The monoisotopic (exact) mass is 1190 g/mol. The Kier molecular flexibility index (Phi) is 25.7. The molecule has 0 spiro atoms. The van der Waals surface area contributed by atoms with Crippen molar-refractivity contribution in [2.75, 3.05) is 40.3 Å². The first-order valence-electron chi connectivity index (χ1n) is 32.5. The zero-order valence-electron chi connectivity index (χ0n) is 51.8. The van der Waals surface area contributed by atoms with E-state index in [-0.39, 0.29) is 83.9 Å². The number of carbonyl (C=O) groups excluding carboxylic acids is 7. The van der Waals surface area contributed by atoms with Crippen LogP contribution in [0.3, 0.4) is 0 Å². The van der Waals surface area contributed by atoms with Gasteiger partial charge in [-0.25, -0.2) is 0 Å². The van der Waals surface area contributed by atoms with Crippen molar-refractivity contribution in [1.82, 2.24) is 57.7 Å². The van der Waals surface area contributed by atoms with E-state index in [1.165, 1.54) is 5.56 Å². The number of nitrogens with one attached hydrogen (secondary N) is 9. The number of likely N-dealkylation sites (N-methyl/N-ethyl adjacent to an activating group) is 2. The van der Waals surface area contributed by atoms with E-state index in [9.17, 15) is 33.6 Å². The molecule has 11 atom stereocenters. The Morgan fingerprint density at radius 3 is 1.72 bits per heavy atom. The van der Waals surface area contributed by atoms with Gasteiger partial charge in [0.15, 0.2) is 0 Å².